The molecule has 1 aromatic heterocycles. The van der Waals surface area contributed by atoms with Crippen LogP contribution in [0.1, 0.15) is 0 Å². The van der Waals surface area contributed by atoms with Gasteiger partial charge in [0.2, 0.25) is 0 Å². The molecule has 2 rings (SSSR count). The Kier molecular flexibility index (Phi) is 6.45. The summed E-state index contributed by atoms with van der Waals surface area (Å²) in [5, 5.41) is 2.78. The summed E-state index contributed by atoms with van der Waals surface area (Å²) in [6, 6.07) is 0. The van der Waals surface area contributed by atoms with Gasteiger partial charge in [-0.2, -0.15) is 0 Å². The fourth-order valence-electron chi connectivity index (χ4n) is 1.79. The van der Waals surface area contributed by atoms with Gasteiger partial charge in [-0.15, -0.1) is 11.3 Å². The van der Waals surface area contributed by atoms with Crippen molar-refractivity contribution in [2.45, 2.75) is 0 Å². The van der Waals surface area contributed by atoms with Crippen molar-refractivity contribution in [3.63, 3.8) is 0 Å². The van der Waals surface area contributed by atoms with Gasteiger partial charge in [-0.25, -0.2) is 4.98 Å². The molecule has 0 spiro atoms. The smallest absolute Gasteiger partial charge is 0.448 e. The Morgan fingerprint density at radius 3 is 2.35 bits per heavy atom. The Balaban J connectivity index is 0.00000144. The molecule has 1 aliphatic rings. The molecule has 0 amide bonds. The van der Waals surface area contributed by atoms with Crippen molar-refractivity contribution in [1.29, 1.82) is 0 Å². The zero-order valence-corrected chi connectivity index (χ0v) is 13.6. The van der Waals surface area contributed by atoms with E-state index >= 15 is 0 Å². The first kappa shape index (κ1) is 15.9. The molecule has 0 bridgehead atoms. The molecule has 0 saturated carbocycles. The van der Waals surface area contributed by atoms with Gasteiger partial charge in [-0.05, 0) is 6.44 Å². The van der Waals surface area contributed by atoms with Gasteiger partial charge in [0.1, 0.15) is 0 Å². The number of halogens is 3. The number of aromatic nitrogens is 1. The van der Waals surface area contributed by atoms with E-state index in [0.29, 0.717) is 26.2 Å². The number of thiazole rings is 1. The van der Waals surface area contributed by atoms with Crippen LogP contribution in [0.25, 0.3) is 0 Å². The second kappa shape index (κ2) is 6.88. The summed E-state index contributed by atoms with van der Waals surface area (Å²) < 4.78 is 36.6. The molecule has 1 fully saturated rings. The Labute approximate surface area is 145 Å². The zero-order chi connectivity index (χ0) is 11.6. The van der Waals surface area contributed by atoms with Crippen molar-refractivity contribution in [2.24, 2.45) is 0 Å². The largest absolute Gasteiger partial charge is 1.00 e. The molecule has 0 radical (unpaired) electrons. The van der Waals surface area contributed by atoms with E-state index in [9.17, 15) is 12.9 Å². The fraction of sp³-hybridized carbons (Fsp3) is 0.625. The number of hydrogen-bond acceptors (Lipinski definition) is 4. The molecular weight excluding hydrogens is 277 g/mol. The number of hydrogen-bond donors (Lipinski definition) is 0. The van der Waals surface area contributed by atoms with E-state index in [2.05, 4.69) is 4.98 Å². The van der Waals surface area contributed by atoms with E-state index < -0.39 is 13.4 Å². The van der Waals surface area contributed by atoms with Crippen molar-refractivity contribution < 1.29 is 64.3 Å². The maximum Gasteiger partial charge on any atom is 1.00 e. The summed E-state index contributed by atoms with van der Waals surface area (Å²) in [5.74, 6) is 0. The molecule has 90 valence electrons. The number of anilines is 1. The Morgan fingerprint density at radius 1 is 1.24 bits per heavy atom. The van der Waals surface area contributed by atoms with Gasteiger partial charge in [-0.3, -0.25) is 0 Å². The van der Waals surface area contributed by atoms with Gasteiger partial charge in [0.25, 0.3) is 0 Å². The Morgan fingerprint density at radius 2 is 1.88 bits per heavy atom. The molecule has 0 unspecified atom stereocenters. The summed E-state index contributed by atoms with van der Waals surface area (Å²) >= 11 is 1.52. The first-order valence-corrected chi connectivity index (χ1v) is 6.00. The molecule has 1 aliphatic heterocycles. The van der Waals surface area contributed by atoms with Crippen LogP contribution in [0, 0.1) is 0 Å². The maximum atomic E-state index is 12.2. The summed E-state index contributed by atoms with van der Waals surface area (Å²) in [4.78, 5) is 7.64. The van der Waals surface area contributed by atoms with Crippen LogP contribution >= 0.6 is 11.3 Å². The Bertz CT molecular complexity index is 327. The Hall–Kier alpha value is 0.881. The molecule has 0 aromatic carbocycles. The predicted molar refractivity (Wildman–Crippen MR) is 59.8 cm³/mol. The first-order chi connectivity index (χ1) is 7.54. The topological polar surface area (TPSA) is 19.4 Å². The van der Waals surface area contributed by atoms with E-state index in [1.54, 1.807) is 6.20 Å². The molecule has 3 nitrogen and oxygen atoms in total. The predicted octanol–water partition coefficient (Wildman–Crippen LogP) is -1.34. The molecule has 2 heterocycles. The second-order valence-electron chi connectivity index (χ2n) is 3.81. The van der Waals surface area contributed by atoms with Crippen molar-refractivity contribution in [2.75, 3.05) is 37.5 Å². The number of piperazine rings is 1. The third kappa shape index (κ3) is 5.17. The van der Waals surface area contributed by atoms with Crippen LogP contribution < -0.4 is 56.3 Å². The summed E-state index contributed by atoms with van der Waals surface area (Å²) in [7, 11) is 0. The summed E-state index contributed by atoms with van der Waals surface area (Å²) in [6.07, 6.45) is 0.969. The van der Waals surface area contributed by atoms with Crippen molar-refractivity contribution in [3.05, 3.63) is 11.6 Å². The molecule has 0 N–H and O–H groups in total. The van der Waals surface area contributed by atoms with E-state index in [0.717, 1.165) is 5.13 Å². The standard InChI is InChI=1S/C8H12BF3N3S.K/c10-9(11,12)7-14-2-4-15(5-3-14)8-13-1-6-16-8;/h1,6H,2-5,7H2;/q-1;+1. The molecular formula is C8H12BF3KN3S. The quantitative estimate of drug-likeness (QED) is 0.642. The number of rotatable bonds is 3. The second-order valence-corrected chi connectivity index (χ2v) is 4.69. The average molecular weight is 289 g/mol. The van der Waals surface area contributed by atoms with Gasteiger partial charge < -0.3 is 22.7 Å². The zero-order valence-electron chi connectivity index (χ0n) is 9.65. The van der Waals surface area contributed by atoms with Crippen molar-refractivity contribution in [3.8, 4) is 0 Å². The first-order valence-electron chi connectivity index (χ1n) is 5.12. The van der Waals surface area contributed by atoms with Gasteiger partial charge >= 0.3 is 58.4 Å². The SMILES string of the molecule is F[B-](F)(F)CN1CCN(c2nccs2)CC1.[K+]. The van der Waals surface area contributed by atoms with E-state index in [-0.39, 0.29) is 51.4 Å². The fourth-order valence-corrected chi connectivity index (χ4v) is 2.48. The third-order valence-electron chi connectivity index (χ3n) is 2.53. The molecule has 0 aliphatic carbocycles. The van der Waals surface area contributed by atoms with E-state index in [1.165, 1.54) is 16.2 Å². The third-order valence-corrected chi connectivity index (χ3v) is 3.36. The molecule has 9 heteroatoms. The van der Waals surface area contributed by atoms with Crippen LogP contribution in [0.15, 0.2) is 11.6 Å². The van der Waals surface area contributed by atoms with Crippen molar-refractivity contribution >= 4 is 23.4 Å². The van der Waals surface area contributed by atoms with Gasteiger partial charge in [-0.1, -0.05) is 0 Å². The minimum atomic E-state index is -4.70. The van der Waals surface area contributed by atoms with E-state index in [4.69, 9.17) is 0 Å². The van der Waals surface area contributed by atoms with Crippen LogP contribution in [0.2, 0.25) is 0 Å². The molecule has 17 heavy (non-hydrogen) atoms. The average Bonchev–Trinajstić information content (AvgIpc) is 2.69. The maximum absolute atomic E-state index is 12.2. The number of nitrogens with zero attached hydrogens (tertiary/aromatic N) is 3. The van der Waals surface area contributed by atoms with Crippen molar-refractivity contribution in [1.82, 2.24) is 9.88 Å². The van der Waals surface area contributed by atoms with Gasteiger partial charge in [0.15, 0.2) is 5.13 Å². The van der Waals surface area contributed by atoms with Crippen LogP contribution in [-0.4, -0.2) is 49.5 Å². The summed E-state index contributed by atoms with van der Waals surface area (Å²) in [5.41, 5.74) is 0. The van der Waals surface area contributed by atoms with Crippen LogP contribution in [0.5, 0.6) is 0 Å². The molecule has 0 atom stereocenters. The van der Waals surface area contributed by atoms with Gasteiger partial charge in [0.05, 0.1) is 0 Å². The summed E-state index contributed by atoms with van der Waals surface area (Å²) in [6.45, 7) is -2.53. The molecule has 1 aromatic rings. The van der Waals surface area contributed by atoms with Gasteiger partial charge in [0, 0.05) is 37.8 Å². The molecule has 1 saturated heterocycles. The van der Waals surface area contributed by atoms with Crippen LogP contribution in [-0.2, 0) is 0 Å². The van der Waals surface area contributed by atoms with E-state index in [1.807, 2.05) is 10.3 Å². The normalized spacial score (nSPS) is 17.9. The minimum Gasteiger partial charge on any atom is -0.448 e. The van der Waals surface area contributed by atoms with Crippen LogP contribution in [0.4, 0.5) is 18.1 Å². The minimum absolute atomic E-state index is 0. The monoisotopic (exact) mass is 289 g/mol. The van der Waals surface area contributed by atoms with Crippen LogP contribution in [0.3, 0.4) is 0 Å².